The summed E-state index contributed by atoms with van der Waals surface area (Å²) in [5.41, 5.74) is 12.2. The second kappa shape index (κ2) is 14.8. The molecule has 2 aromatic heterocycles. The first-order chi connectivity index (χ1) is 26.6. The second-order valence-corrected chi connectivity index (χ2v) is 15.4. The van der Waals surface area contributed by atoms with E-state index in [1.165, 1.54) is 81.1 Å². The lowest BCUT2D eigenvalue weighted by Crippen LogP contribution is -2.07. The Kier molecular flexibility index (Phi) is 9.24. The van der Waals surface area contributed by atoms with Gasteiger partial charge in [-0.1, -0.05) is 146 Å². The molecule has 262 valence electrons. The van der Waals surface area contributed by atoms with Crippen LogP contribution in [0.25, 0.3) is 64.9 Å². The van der Waals surface area contributed by atoms with Crippen LogP contribution >= 0.6 is 11.3 Å². The summed E-state index contributed by atoms with van der Waals surface area (Å²) >= 11 is 1.89. The van der Waals surface area contributed by atoms with Crippen molar-refractivity contribution in [2.24, 2.45) is 4.99 Å². The third-order valence-electron chi connectivity index (χ3n) is 10.5. The number of thiophene rings is 1. The van der Waals surface area contributed by atoms with E-state index in [-0.39, 0.29) is 6.04 Å². The number of nitrogens with zero attached hydrogens (tertiary/aromatic N) is 2. The fourth-order valence-electron chi connectivity index (χ4n) is 8.08. The molecule has 2 heterocycles. The van der Waals surface area contributed by atoms with Gasteiger partial charge in [0.25, 0.3) is 0 Å². The molecule has 0 saturated heterocycles. The minimum Gasteiger partial charge on any atom is -0.309 e. The molecule has 0 amide bonds. The summed E-state index contributed by atoms with van der Waals surface area (Å²) in [5.74, 6) is 0. The van der Waals surface area contributed by atoms with E-state index in [4.69, 9.17) is 4.99 Å². The van der Waals surface area contributed by atoms with Crippen LogP contribution in [0, 0.1) is 0 Å². The van der Waals surface area contributed by atoms with Gasteiger partial charge < -0.3 is 4.57 Å². The maximum Gasteiger partial charge on any atom is 0.0759 e. The minimum atomic E-state index is -0.00101. The summed E-state index contributed by atoms with van der Waals surface area (Å²) in [6.45, 7) is 4.52. The van der Waals surface area contributed by atoms with Gasteiger partial charge >= 0.3 is 0 Å². The zero-order valence-electron chi connectivity index (χ0n) is 30.7. The van der Waals surface area contributed by atoms with Crippen molar-refractivity contribution in [1.29, 1.82) is 0 Å². The van der Waals surface area contributed by atoms with Crippen molar-refractivity contribution in [2.75, 3.05) is 0 Å². The number of hydrogen-bond acceptors (Lipinski definition) is 2. The number of aromatic nitrogens is 1. The predicted molar refractivity (Wildman–Crippen MR) is 234 cm³/mol. The van der Waals surface area contributed by atoms with Gasteiger partial charge in [0, 0.05) is 48.8 Å². The van der Waals surface area contributed by atoms with Crippen LogP contribution in [-0.2, 0) is 0 Å². The maximum absolute atomic E-state index is 5.76. The standard InChI is InChI=1S/C51H42N2S/c1-3-17-45(52-46(37-20-9-5-10-21-37)31-35(2)30-36-18-7-4-8-19-36)44-33-39(34-50-51(44)42-25-14-16-27-49(42)54-50)38-28-29-48-43(32-38)41-24-13-15-26-47(41)53(48)40-22-11-6-12-23-40/h4-16,18-30,32-34,45H,3,17,31H2,1-2H3/b35-30-,52-46?. The molecule has 0 aliphatic rings. The molecule has 0 spiro atoms. The number of para-hydroxylation sites is 2. The molecule has 1 atom stereocenters. The van der Waals surface area contributed by atoms with E-state index in [2.05, 4.69) is 194 Å². The highest BCUT2D eigenvalue weighted by Crippen LogP contribution is 2.44. The zero-order chi connectivity index (χ0) is 36.4. The van der Waals surface area contributed by atoms with Gasteiger partial charge in [-0.3, -0.25) is 4.99 Å². The molecule has 1 unspecified atom stereocenters. The molecule has 54 heavy (non-hydrogen) atoms. The van der Waals surface area contributed by atoms with Gasteiger partial charge in [-0.25, -0.2) is 0 Å². The average molecular weight is 715 g/mol. The summed E-state index contributed by atoms with van der Waals surface area (Å²) in [5, 5.41) is 5.19. The monoisotopic (exact) mass is 714 g/mol. The third kappa shape index (κ3) is 6.46. The van der Waals surface area contributed by atoms with Crippen molar-refractivity contribution >= 4 is 65.1 Å². The highest BCUT2D eigenvalue weighted by Gasteiger charge is 2.21. The first kappa shape index (κ1) is 33.8. The van der Waals surface area contributed by atoms with Gasteiger partial charge in [0.05, 0.1) is 17.1 Å². The fraction of sp³-hybridized carbons (Fsp3) is 0.118. The molecule has 9 aromatic rings. The Morgan fingerprint density at radius 1 is 0.630 bits per heavy atom. The van der Waals surface area contributed by atoms with Gasteiger partial charge in [0.15, 0.2) is 0 Å². The topological polar surface area (TPSA) is 17.3 Å². The summed E-state index contributed by atoms with van der Waals surface area (Å²) in [7, 11) is 0. The molecule has 7 aromatic carbocycles. The minimum absolute atomic E-state index is 0.00101. The third-order valence-corrected chi connectivity index (χ3v) is 11.6. The molecule has 3 heteroatoms. The van der Waals surface area contributed by atoms with Gasteiger partial charge in [0.1, 0.15) is 0 Å². The number of fused-ring (bicyclic) bond motifs is 6. The van der Waals surface area contributed by atoms with Gasteiger partial charge in [-0.05, 0) is 89.7 Å². The normalized spacial score (nSPS) is 13.0. The summed E-state index contributed by atoms with van der Waals surface area (Å²) in [6, 6.07) is 61.7. The molecule has 0 N–H and O–H groups in total. The number of rotatable bonds is 10. The van der Waals surface area contributed by atoms with Gasteiger partial charge in [-0.15, -0.1) is 11.3 Å². The van der Waals surface area contributed by atoms with Crippen LogP contribution in [0.4, 0.5) is 0 Å². The lowest BCUT2D eigenvalue weighted by Gasteiger charge is -2.19. The largest absolute Gasteiger partial charge is 0.309 e. The van der Waals surface area contributed by atoms with Crippen molar-refractivity contribution < 1.29 is 0 Å². The molecule has 9 rings (SSSR count). The van der Waals surface area contributed by atoms with Crippen molar-refractivity contribution in [2.45, 2.75) is 39.2 Å². The van der Waals surface area contributed by atoms with E-state index >= 15 is 0 Å². The Balaban J connectivity index is 1.23. The van der Waals surface area contributed by atoms with E-state index in [1.807, 2.05) is 11.3 Å². The molecule has 0 aliphatic carbocycles. The first-order valence-corrected chi connectivity index (χ1v) is 19.8. The van der Waals surface area contributed by atoms with Crippen LogP contribution in [0.1, 0.15) is 55.8 Å². The van der Waals surface area contributed by atoms with Crippen LogP contribution in [-0.4, -0.2) is 10.3 Å². The Bertz CT molecular complexity index is 2800. The Hall–Kier alpha value is -6.03. The summed E-state index contributed by atoms with van der Waals surface area (Å²) in [4.78, 5) is 5.76. The zero-order valence-corrected chi connectivity index (χ0v) is 31.6. The highest BCUT2D eigenvalue weighted by atomic mass is 32.1. The average Bonchev–Trinajstić information content (AvgIpc) is 3.76. The van der Waals surface area contributed by atoms with Crippen molar-refractivity contribution in [1.82, 2.24) is 4.57 Å². The smallest absolute Gasteiger partial charge is 0.0759 e. The summed E-state index contributed by atoms with van der Waals surface area (Å²) < 4.78 is 5.02. The van der Waals surface area contributed by atoms with Crippen LogP contribution < -0.4 is 0 Å². The van der Waals surface area contributed by atoms with Gasteiger partial charge in [0.2, 0.25) is 0 Å². The molecular weight excluding hydrogens is 673 g/mol. The van der Waals surface area contributed by atoms with Crippen molar-refractivity contribution in [3.8, 4) is 16.8 Å². The Morgan fingerprint density at radius 2 is 1.30 bits per heavy atom. The molecule has 0 radical (unpaired) electrons. The van der Waals surface area contributed by atoms with Crippen molar-refractivity contribution in [3.05, 3.63) is 192 Å². The SMILES string of the molecule is CCCC(N=C(C/C(C)=C\c1ccccc1)c1ccccc1)c1cc(-c2ccc3c(c2)c2ccccc2n3-c2ccccc2)cc2sc3ccccc3c12. The highest BCUT2D eigenvalue weighted by molar-refractivity contribution is 7.25. The van der Waals surface area contributed by atoms with E-state index in [9.17, 15) is 0 Å². The molecular formula is C51H42N2S. The van der Waals surface area contributed by atoms with Crippen LogP contribution in [0.5, 0.6) is 0 Å². The molecule has 2 nitrogen and oxygen atoms in total. The molecule has 0 saturated carbocycles. The van der Waals surface area contributed by atoms with E-state index < -0.39 is 0 Å². The lowest BCUT2D eigenvalue weighted by atomic mass is 9.92. The van der Waals surface area contributed by atoms with Crippen LogP contribution in [0.2, 0.25) is 0 Å². The van der Waals surface area contributed by atoms with E-state index in [0.29, 0.717) is 0 Å². The number of benzene rings is 7. The van der Waals surface area contributed by atoms with E-state index in [1.54, 1.807) is 0 Å². The first-order valence-electron chi connectivity index (χ1n) is 19.0. The quantitative estimate of drug-likeness (QED) is 0.126. The van der Waals surface area contributed by atoms with Gasteiger partial charge in [-0.2, -0.15) is 0 Å². The van der Waals surface area contributed by atoms with E-state index in [0.717, 1.165) is 25.0 Å². The predicted octanol–water partition coefficient (Wildman–Crippen LogP) is 14.6. The number of allylic oxidation sites excluding steroid dienone is 1. The summed E-state index contributed by atoms with van der Waals surface area (Å²) in [6.07, 6.45) is 5.08. The number of aliphatic imine (C=N–C) groups is 1. The maximum atomic E-state index is 5.76. The van der Waals surface area contributed by atoms with Crippen LogP contribution in [0.3, 0.4) is 0 Å². The molecule has 0 fully saturated rings. The Labute approximate surface area is 321 Å². The second-order valence-electron chi connectivity index (χ2n) is 14.3. The lowest BCUT2D eigenvalue weighted by molar-refractivity contribution is 0.644. The number of hydrogen-bond donors (Lipinski definition) is 0. The molecule has 0 bridgehead atoms. The van der Waals surface area contributed by atoms with Crippen LogP contribution in [0.15, 0.2) is 180 Å². The van der Waals surface area contributed by atoms with Crippen molar-refractivity contribution in [3.63, 3.8) is 0 Å². The Morgan fingerprint density at radius 3 is 2.07 bits per heavy atom. The fourth-order valence-corrected chi connectivity index (χ4v) is 9.26. The molecule has 0 aliphatic heterocycles.